The van der Waals surface area contributed by atoms with Crippen molar-refractivity contribution in [2.24, 2.45) is 0 Å². The number of furan rings is 1. The number of sulfone groups is 1. The van der Waals surface area contributed by atoms with Gasteiger partial charge in [-0.3, -0.25) is 4.79 Å². The summed E-state index contributed by atoms with van der Waals surface area (Å²) in [5, 5.41) is 2.67. The number of hydrogen-bond acceptors (Lipinski definition) is 6. The molecule has 9 heteroatoms. The summed E-state index contributed by atoms with van der Waals surface area (Å²) in [5.74, 6) is 0.123. The van der Waals surface area contributed by atoms with Gasteiger partial charge in [-0.2, -0.15) is 0 Å². The molecule has 1 heterocycles. The van der Waals surface area contributed by atoms with Crippen LogP contribution in [0.5, 0.6) is 11.5 Å². The number of ether oxygens (including phenoxy) is 2. The third-order valence-electron chi connectivity index (χ3n) is 3.85. The summed E-state index contributed by atoms with van der Waals surface area (Å²) in [6.45, 7) is 0. The first-order valence-electron chi connectivity index (χ1n) is 7.99. The van der Waals surface area contributed by atoms with Gasteiger partial charge in [0.05, 0.1) is 24.8 Å². The summed E-state index contributed by atoms with van der Waals surface area (Å²) in [6, 6.07) is 13.0. The summed E-state index contributed by atoms with van der Waals surface area (Å²) >= 11 is 5.79. The fourth-order valence-corrected chi connectivity index (χ4v) is 3.71. The fraction of sp³-hybridized carbons (Fsp3) is 0.105. The highest BCUT2D eigenvalue weighted by atomic mass is 35.5. The van der Waals surface area contributed by atoms with Crippen LogP contribution in [0.15, 0.2) is 69.0 Å². The van der Waals surface area contributed by atoms with Gasteiger partial charge in [-0.05, 0) is 48.5 Å². The number of methoxy groups -OCH3 is 2. The highest BCUT2D eigenvalue weighted by molar-refractivity contribution is 7.91. The Morgan fingerprint density at radius 1 is 1.00 bits per heavy atom. The molecule has 0 unspecified atom stereocenters. The normalized spacial score (nSPS) is 11.1. The lowest BCUT2D eigenvalue weighted by Gasteiger charge is -2.10. The molecule has 2 aromatic carbocycles. The average Bonchev–Trinajstić information content (AvgIpc) is 3.19. The second-order valence-corrected chi connectivity index (χ2v) is 7.91. The summed E-state index contributed by atoms with van der Waals surface area (Å²) < 4.78 is 40.9. The third-order valence-corrected chi connectivity index (χ3v) is 5.74. The lowest BCUT2D eigenvalue weighted by molar-refractivity contribution is 0.0991. The molecule has 0 spiro atoms. The molecule has 0 saturated heterocycles. The topological polar surface area (TPSA) is 94.8 Å². The van der Waals surface area contributed by atoms with Crippen molar-refractivity contribution in [2.45, 2.75) is 9.99 Å². The van der Waals surface area contributed by atoms with E-state index in [-0.39, 0.29) is 15.7 Å². The van der Waals surface area contributed by atoms with Crippen LogP contribution in [0.3, 0.4) is 0 Å². The molecule has 1 aromatic heterocycles. The lowest BCUT2D eigenvalue weighted by atomic mass is 10.2. The van der Waals surface area contributed by atoms with Crippen LogP contribution in [0.2, 0.25) is 5.02 Å². The van der Waals surface area contributed by atoms with Crippen molar-refractivity contribution in [1.29, 1.82) is 0 Å². The van der Waals surface area contributed by atoms with Crippen molar-refractivity contribution in [2.75, 3.05) is 19.5 Å². The minimum absolute atomic E-state index is 0.00710. The maximum absolute atomic E-state index is 12.6. The van der Waals surface area contributed by atoms with Gasteiger partial charge in [0.2, 0.25) is 14.9 Å². The SMILES string of the molecule is COc1ccc(OC)c(NC(=O)c2ccc(S(=O)(=O)c3ccc(Cl)cc3)o2)c1. The Hall–Kier alpha value is -2.97. The average molecular weight is 422 g/mol. The van der Waals surface area contributed by atoms with Crippen LogP contribution in [-0.2, 0) is 9.84 Å². The largest absolute Gasteiger partial charge is 0.497 e. The van der Waals surface area contributed by atoms with Crippen LogP contribution in [0.4, 0.5) is 5.69 Å². The maximum atomic E-state index is 12.6. The van der Waals surface area contributed by atoms with E-state index in [1.165, 1.54) is 50.6 Å². The second-order valence-electron chi connectivity index (χ2n) is 5.60. The molecule has 7 nitrogen and oxygen atoms in total. The quantitative estimate of drug-likeness (QED) is 0.645. The first-order chi connectivity index (χ1) is 13.3. The molecule has 0 fully saturated rings. The van der Waals surface area contributed by atoms with Crippen molar-refractivity contribution in [3.8, 4) is 11.5 Å². The molecule has 0 atom stereocenters. The van der Waals surface area contributed by atoms with Gasteiger partial charge >= 0.3 is 0 Å². The zero-order valence-corrected chi connectivity index (χ0v) is 16.5. The zero-order valence-electron chi connectivity index (χ0n) is 14.9. The van der Waals surface area contributed by atoms with Crippen molar-refractivity contribution >= 4 is 33.0 Å². The molecule has 0 aliphatic carbocycles. The van der Waals surface area contributed by atoms with E-state index in [0.29, 0.717) is 22.2 Å². The highest BCUT2D eigenvalue weighted by Gasteiger charge is 2.24. The summed E-state index contributed by atoms with van der Waals surface area (Å²) in [5.41, 5.74) is 0.352. The van der Waals surface area contributed by atoms with Crippen LogP contribution in [-0.4, -0.2) is 28.5 Å². The molecule has 1 N–H and O–H groups in total. The van der Waals surface area contributed by atoms with Crippen LogP contribution >= 0.6 is 11.6 Å². The van der Waals surface area contributed by atoms with Gasteiger partial charge in [0, 0.05) is 11.1 Å². The van der Waals surface area contributed by atoms with Gasteiger partial charge in [-0.25, -0.2) is 8.42 Å². The van der Waals surface area contributed by atoms with Crippen molar-refractivity contribution < 1.29 is 27.1 Å². The number of anilines is 1. The Labute approximate surface area is 166 Å². The van der Waals surface area contributed by atoms with Crippen molar-refractivity contribution in [3.05, 3.63) is 65.4 Å². The summed E-state index contributed by atoms with van der Waals surface area (Å²) in [7, 11) is -0.961. The number of amides is 1. The number of carbonyl (C=O) groups excluding carboxylic acids is 1. The van der Waals surface area contributed by atoms with Crippen molar-refractivity contribution in [3.63, 3.8) is 0 Å². The minimum Gasteiger partial charge on any atom is -0.497 e. The number of nitrogens with one attached hydrogen (secondary N) is 1. The van der Waals surface area contributed by atoms with Gasteiger partial charge in [0.1, 0.15) is 11.5 Å². The first-order valence-corrected chi connectivity index (χ1v) is 9.85. The van der Waals surface area contributed by atoms with Gasteiger partial charge in [-0.1, -0.05) is 11.6 Å². The Kier molecular flexibility index (Phi) is 5.62. The van der Waals surface area contributed by atoms with Crippen LogP contribution in [0, 0.1) is 0 Å². The molecule has 1 amide bonds. The molecular formula is C19H16ClNO6S. The third kappa shape index (κ3) is 3.97. The Bertz CT molecular complexity index is 1110. The predicted octanol–water partition coefficient (Wildman–Crippen LogP) is 4.04. The number of benzene rings is 2. The van der Waals surface area contributed by atoms with E-state index < -0.39 is 15.7 Å². The first kappa shape index (κ1) is 19.8. The van der Waals surface area contributed by atoms with Crippen LogP contribution < -0.4 is 14.8 Å². The Morgan fingerprint density at radius 3 is 2.36 bits per heavy atom. The van der Waals surface area contributed by atoms with Gasteiger partial charge < -0.3 is 19.2 Å². The number of hydrogen-bond donors (Lipinski definition) is 1. The number of halogens is 1. The molecule has 0 aliphatic heterocycles. The number of carbonyl (C=O) groups is 1. The molecule has 3 aromatic rings. The molecule has 0 saturated carbocycles. The summed E-state index contributed by atoms with van der Waals surface area (Å²) in [6.07, 6.45) is 0. The monoisotopic (exact) mass is 421 g/mol. The zero-order chi connectivity index (χ0) is 20.3. The molecular weight excluding hydrogens is 406 g/mol. The van der Waals surface area contributed by atoms with Crippen LogP contribution in [0.25, 0.3) is 0 Å². The predicted molar refractivity (Wildman–Crippen MR) is 103 cm³/mol. The van der Waals surface area contributed by atoms with Gasteiger partial charge in [0.25, 0.3) is 5.91 Å². The van der Waals surface area contributed by atoms with E-state index in [1.54, 1.807) is 18.2 Å². The Balaban J connectivity index is 1.86. The van der Waals surface area contributed by atoms with E-state index in [4.69, 9.17) is 25.5 Å². The molecule has 28 heavy (non-hydrogen) atoms. The molecule has 0 aliphatic rings. The van der Waals surface area contributed by atoms with Gasteiger partial charge in [0.15, 0.2) is 5.76 Å². The van der Waals surface area contributed by atoms with Crippen LogP contribution in [0.1, 0.15) is 10.6 Å². The molecule has 3 rings (SSSR count). The van der Waals surface area contributed by atoms with Crippen molar-refractivity contribution in [1.82, 2.24) is 0 Å². The maximum Gasteiger partial charge on any atom is 0.291 e. The van der Waals surface area contributed by atoms with E-state index in [9.17, 15) is 13.2 Å². The smallest absolute Gasteiger partial charge is 0.291 e. The molecule has 146 valence electrons. The lowest BCUT2D eigenvalue weighted by Crippen LogP contribution is -2.12. The van der Waals surface area contributed by atoms with E-state index in [0.717, 1.165) is 0 Å². The van der Waals surface area contributed by atoms with Gasteiger partial charge in [-0.15, -0.1) is 0 Å². The molecule has 0 bridgehead atoms. The van der Waals surface area contributed by atoms with E-state index in [1.807, 2.05) is 0 Å². The molecule has 0 radical (unpaired) electrons. The summed E-state index contributed by atoms with van der Waals surface area (Å²) in [4.78, 5) is 12.5. The minimum atomic E-state index is -3.91. The fourth-order valence-electron chi connectivity index (χ4n) is 2.41. The number of rotatable bonds is 6. The van der Waals surface area contributed by atoms with E-state index >= 15 is 0 Å². The standard InChI is InChI=1S/C19H16ClNO6S/c1-25-13-5-8-16(26-2)15(11-13)21-19(22)17-9-10-18(27-17)28(23,24)14-6-3-12(20)4-7-14/h3-11H,1-2H3,(H,21,22). The van der Waals surface area contributed by atoms with E-state index in [2.05, 4.69) is 5.32 Å². The second kappa shape index (κ2) is 7.95. The Morgan fingerprint density at radius 2 is 1.71 bits per heavy atom. The highest BCUT2D eigenvalue weighted by Crippen LogP contribution is 2.30.